The van der Waals surface area contributed by atoms with Crippen molar-refractivity contribution >= 4 is 5.78 Å². The van der Waals surface area contributed by atoms with Gasteiger partial charge in [0.2, 0.25) is 5.78 Å². The minimum atomic E-state index is -0.334. The van der Waals surface area contributed by atoms with Crippen LogP contribution >= 0.6 is 0 Å². The first kappa shape index (κ1) is 17.5. The van der Waals surface area contributed by atoms with E-state index in [0.29, 0.717) is 17.7 Å². The van der Waals surface area contributed by atoms with Crippen LogP contribution in [0.1, 0.15) is 86.6 Å². The van der Waals surface area contributed by atoms with Gasteiger partial charge in [-0.2, -0.15) is 0 Å². The number of Topliss-reactive ketones (excluding diaryl/α,β-unsaturated/α-hetero) is 1. The summed E-state index contributed by atoms with van der Waals surface area (Å²) in [5.74, 6) is 1.65. The van der Waals surface area contributed by atoms with Crippen LogP contribution in [0.15, 0.2) is 30.6 Å². The lowest BCUT2D eigenvalue weighted by molar-refractivity contribution is 0.0237. The second kappa shape index (κ2) is 6.07. The molecule has 0 bridgehead atoms. The van der Waals surface area contributed by atoms with Crippen molar-refractivity contribution in [2.75, 3.05) is 0 Å². The Morgan fingerprint density at radius 1 is 1.27 bits per heavy atom. The number of aryl methyl sites for hydroxylation is 1. The van der Waals surface area contributed by atoms with E-state index in [4.69, 9.17) is 0 Å². The molecule has 26 heavy (non-hydrogen) atoms. The predicted octanol–water partition coefficient (Wildman–Crippen LogP) is 5.43. The Balaban J connectivity index is 1.76. The van der Waals surface area contributed by atoms with E-state index in [1.54, 1.807) is 12.4 Å². The molecule has 0 amide bonds. The van der Waals surface area contributed by atoms with Gasteiger partial charge in [-0.25, -0.2) is 4.98 Å². The number of benzene rings is 1. The number of nitrogens with one attached hydrogen (secondary N) is 1. The Kier molecular flexibility index (Phi) is 4.09. The quantitative estimate of drug-likeness (QED) is 0.751. The molecule has 1 aromatic heterocycles. The molecule has 0 unspecified atom stereocenters. The maximum Gasteiger partial charge on any atom is 0.204 e. The molecule has 0 saturated heterocycles. The summed E-state index contributed by atoms with van der Waals surface area (Å²) in [4.78, 5) is 20.7. The highest BCUT2D eigenvalue weighted by Crippen LogP contribution is 2.58. The molecule has 1 fully saturated rings. The van der Waals surface area contributed by atoms with Crippen molar-refractivity contribution in [2.24, 2.45) is 11.3 Å². The number of H-pyrrole nitrogens is 1. The first-order chi connectivity index (χ1) is 12.4. The Labute approximate surface area is 156 Å². The third-order valence-corrected chi connectivity index (χ3v) is 7.28. The Morgan fingerprint density at radius 3 is 2.77 bits per heavy atom. The fourth-order valence-corrected chi connectivity index (χ4v) is 5.80. The van der Waals surface area contributed by atoms with Crippen molar-refractivity contribution < 1.29 is 4.79 Å². The molecule has 0 aliphatic heterocycles. The van der Waals surface area contributed by atoms with Crippen LogP contribution in [0.4, 0.5) is 0 Å². The molecule has 3 nitrogen and oxygen atoms in total. The van der Waals surface area contributed by atoms with E-state index in [9.17, 15) is 4.79 Å². The Hall–Kier alpha value is -1.90. The number of hydrogen-bond donors (Lipinski definition) is 1. The van der Waals surface area contributed by atoms with Gasteiger partial charge in [0, 0.05) is 17.8 Å². The van der Waals surface area contributed by atoms with Crippen LogP contribution in [-0.4, -0.2) is 15.8 Å². The second-order valence-corrected chi connectivity index (χ2v) is 9.12. The summed E-state index contributed by atoms with van der Waals surface area (Å²) in [5.41, 5.74) is 4.16. The van der Waals surface area contributed by atoms with Gasteiger partial charge in [-0.3, -0.25) is 4.79 Å². The van der Waals surface area contributed by atoms with Gasteiger partial charge < -0.3 is 4.98 Å². The van der Waals surface area contributed by atoms with Crippen LogP contribution in [0, 0.1) is 11.3 Å². The number of ketones is 1. The van der Waals surface area contributed by atoms with Crippen molar-refractivity contribution in [3.63, 3.8) is 0 Å². The van der Waals surface area contributed by atoms with Crippen molar-refractivity contribution in [1.82, 2.24) is 9.97 Å². The number of carbonyl (C=O) groups excluding carboxylic acids is 1. The topological polar surface area (TPSA) is 45.8 Å². The van der Waals surface area contributed by atoms with E-state index < -0.39 is 0 Å². The van der Waals surface area contributed by atoms with Crippen LogP contribution in [0.3, 0.4) is 0 Å². The molecule has 1 N–H and O–H groups in total. The molecular formula is C23H30N2O. The number of hydrogen-bond acceptors (Lipinski definition) is 2. The van der Waals surface area contributed by atoms with Crippen molar-refractivity contribution in [3.8, 4) is 0 Å². The molecule has 1 aromatic carbocycles. The highest BCUT2D eigenvalue weighted by molar-refractivity contribution is 5.97. The summed E-state index contributed by atoms with van der Waals surface area (Å²) >= 11 is 0. The fourth-order valence-electron chi connectivity index (χ4n) is 5.80. The summed E-state index contributed by atoms with van der Waals surface area (Å²) in [6.07, 6.45) is 8.84. The maximum absolute atomic E-state index is 13.3. The molecule has 3 atom stereocenters. The van der Waals surface area contributed by atoms with Gasteiger partial charge in [-0.15, -0.1) is 0 Å². The molecule has 4 rings (SSSR count). The molecule has 2 aliphatic rings. The molecule has 2 aliphatic carbocycles. The lowest BCUT2D eigenvalue weighted by atomic mass is 9.48. The van der Waals surface area contributed by atoms with Crippen molar-refractivity contribution in [2.45, 2.75) is 71.1 Å². The summed E-state index contributed by atoms with van der Waals surface area (Å²) in [5, 5.41) is 0. The minimum absolute atomic E-state index is 0.0817. The number of aromatic amines is 1. The monoisotopic (exact) mass is 350 g/mol. The molecule has 2 aromatic rings. The number of fused-ring (bicyclic) bond motifs is 3. The van der Waals surface area contributed by atoms with Gasteiger partial charge in [0.05, 0.1) is 0 Å². The van der Waals surface area contributed by atoms with Crippen molar-refractivity contribution in [1.29, 1.82) is 0 Å². The Bertz CT molecular complexity index is 823. The molecule has 0 spiro atoms. The molecule has 1 saturated carbocycles. The number of aromatic nitrogens is 2. The first-order valence-electron chi connectivity index (χ1n) is 10.0. The maximum atomic E-state index is 13.3. The summed E-state index contributed by atoms with van der Waals surface area (Å²) < 4.78 is 0. The summed E-state index contributed by atoms with van der Waals surface area (Å²) in [7, 11) is 0. The van der Waals surface area contributed by atoms with E-state index in [-0.39, 0.29) is 16.6 Å². The number of nitrogens with zero attached hydrogens (tertiary/aromatic N) is 1. The zero-order valence-corrected chi connectivity index (χ0v) is 16.4. The number of rotatable bonds is 3. The normalized spacial score (nSPS) is 30.7. The zero-order valence-electron chi connectivity index (χ0n) is 16.4. The van der Waals surface area contributed by atoms with E-state index in [0.717, 1.165) is 25.7 Å². The highest BCUT2D eigenvalue weighted by atomic mass is 16.1. The minimum Gasteiger partial charge on any atom is -0.342 e. The molecule has 3 heteroatoms. The number of imidazole rings is 1. The van der Waals surface area contributed by atoms with Gasteiger partial charge in [-0.1, -0.05) is 52.3 Å². The average Bonchev–Trinajstić information content (AvgIpc) is 3.15. The van der Waals surface area contributed by atoms with Gasteiger partial charge >= 0.3 is 0 Å². The average molecular weight is 351 g/mol. The molecule has 1 heterocycles. The second-order valence-electron chi connectivity index (χ2n) is 9.12. The largest absolute Gasteiger partial charge is 0.342 e. The summed E-state index contributed by atoms with van der Waals surface area (Å²) in [6, 6.07) is 7.08. The SMILES string of the molecule is CC(C)c1ccc2c(c1)CC[C@H]1[C@](C)(C(=O)c3ncc[nH]3)CCC[C@]21C. The van der Waals surface area contributed by atoms with E-state index in [1.165, 1.54) is 23.1 Å². The number of carbonyl (C=O) groups is 1. The standard InChI is InChI=1S/C23H30N2O/c1-15(2)16-6-8-18-17(14-16)7-9-19-22(18,3)10-5-11-23(19,4)20(26)21-24-12-13-25-21/h6,8,12-15,19H,5,7,9-11H2,1-4H3,(H,24,25)/t19-,22-,23-/m1/s1. The molecule has 0 radical (unpaired) electrons. The van der Waals surface area contributed by atoms with E-state index in [1.807, 2.05) is 0 Å². The van der Waals surface area contributed by atoms with Crippen LogP contribution in [0.25, 0.3) is 0 Å². The highest BCUT2D eigenvalue weighted by Gasteiger charge is 2.55. The first-order valence-corrected chi connectivity index (χ1v) is 10.0. The fraction of sp³-hybridized carbons (Fsp3) is 0.565. The third kappa shape index (κ3) is 2.47. The van der Waals surface area contributed by atoms with Crippen LogP contribution < -0.4 is 0 Å². The van der Waals surface area contributed by atoms with E-state index >= 15 is 0 Å². The van der Waals surface area contributed by atoms with Gasteiger partial charge in [0.1, 0.15) is 0 Å². The third-order valence-electron chi connectivity index (χ3n) is 7.28. The van der Waals surface area contributed by atoms with Crippen molar-refractivity contribution in [3.05, 3.63) is 53.1 Å². The van der Waals surface area contributed by atoms with Gasteiger partial charge in [0.15, 0.2) is 5.82 Å². The predicted molar refractivity (Wildman–Crippen MR) is 105 cm³/mol. The van der Waals surface area contributed by atoms with Gasteiger partial charge in [-0.05, 0) is 59.6 Å². The smallest absolute Gasteiger partial charge is 0.204 e. The Morgan fingerprint density at radius 2 is 2.08 bits per heavy atom. The molecular weight excluding hydrogens is 320 g/mol. The van der Waals surface area contributed by atoms with Crippen LogP contribution in [-0.2, 0) is 11.8 Å². The lowest BCUT2D eigenvalue weighted by Crippen LogP contribution is -2.52. The summed E-state index contributed by atoms with van der Waals surface area (Å²) in [6.45, 7) is 9.11. The van der Waals surface area contributed by atoms with Crippen LogP contribution in [0.5, 0.6) is 0 Å². The zero-order chi connectivity index (χ0) is 18.5. The van der Waals surface area contributed by atoms with Gasteiger partial charge in [0.25, 0.3) is 0 Å². The lowest BCUT2D eigenvalue weighted by Gasteiger charge is -2.54. The molecule has 138 valence electrons. The van der Waals surface area contributed by atoms with Crippen LogP contribution in [0.2, 0.25) is 0 Å². The van der Waals surface area contributed by atoms with E-state index in [2.05, 4.69) is 55.9 Å².